The van der Waals surface area contributed by atoms with Crippen LogP contribution in [0.25, 0.3) is 0 Å². The zero-order valence-electron chi connectivity index (χ0n) is 15.7. The van der Waals surface area contributed by atoms with Crippen LogP contribution in [0.3, 0.4) is 0 Å². The highest BCUT2D eigenvalue weighted by molar-refractivity contribution is 7.89. The van der Waals surface area contributed by atoms with E-state index >= 15 is 0 Å². The average Bonchev–Trinajstić information content (AvgIpc) is 3.41. The molecule has 0 aromatic carbocycles. The Kier molecular flexibility index (Phi) is 5.75. The fraction of sp³-hybridized carbons (Fsp3) is 0.944. The van der Waals surface area contributed by atoms with Gasteiger partial charge >= 0.3 is 0 Å². The zero-order chi connectivity index (χ0) is 18.1. The summed E-state index contributed by atoms with van der Waals surface area (Å²) in [5, 5.41) is 0. The highest BCUT2D eigenvalue weighted by atomic mass is 32.2. The number of hydrogen-bond acceptors (Lipinski definition) is 4. The Hall–Kier alpha value is -0.660. The summed E-state index contributed by atoms with van der Waals surface area (Å²) in [4.78, 5) is 16.9. The molecule has 1 amide bonds. The van der Waals surface area contributed by atoms with Crippen molar-refractivity contribution in [3.63, 3.8) is 0 Å². The van der Waals surface area contributed by atoms with Gasteiger partial charge in [0.05, 0.1) is 5.75 Å². The lowest BCUT2D eigenvalue weighted by Crippen LogP contribution is -2.62. The lowest BCUT2D eigenvalue weighted by Gasteiger charge is -2.48. The molecule has 0 bridgehead atoms. The van der Waals surface area contributed by atoms with Crippen LogP contribution < -0.4 is 0 Å². The second kappa shape index (κ2) is 7.53. The first kappa shape index (κ1) is 19.1. The van der Waals surface area contributed by atoms with Gasteiger partial charge in [-0.05, 0) is 45.1 Å². The molecule has 1 saturated carbocycles. The maximum atomic E-state index is 12.7. The van der Waals surface area contributed by atoms with Crippen molar-refractivity contribution in [1.82, 2.24) is 14.1 Å². The zero-order valence-corrected chi connectivity index (χ0v) is 16.6. The van der Waals surface area contributed by atoms with Crippen molar-refractivity contribution in [1.29, 1.82) is 0 Å². The maximum absolute atomic E-state index is 12.7. The predicted octanol–water partition coefficient (Wildman–Crippen LogP) is 1.53. The molecule has 2 heterocycles. The molecule has 2 saturated heterocycles. The molecule has 0 aromatic heterocycles. The molecule has 3 rings (SSSR count). The van der Waals surface area contributed by atoms with Crippen molar-refractivity contribution in [3.8, 4) is 0 Å². The molecule has 2 aliphatic heterocycles. The quantitative estimate of drug-likeness (QED) is 0.710. The Morgan fingerprint density at radius 2 is 1.92 bits per heavy atom. The predicted molar refractivity (Wildman–Crippen MR) is 98.8 cm³/mol. The number of unbranched alkanes of at least 4 members (excludes halogenated alkanes) is 1. The number of likely N-dealkylation sites (tertiary alicyclic amines) is 1. The first-order valence-electron chi connectivity index (χ1n) is 9.83. The highest BCUT2D eigenvalue weighted by Gasteiger charge is 2.45. The molecule has 6 nitrogen and oxygen atoms in total. The minimum atomic E-state index is -3.18. The summed E-state index contributed by atoms with van der Waals surface area (Å²) in [5.74, 6) is 1.20. The van der Waals surface area contributed by atoms with Crippen molar-refractivity contribution in [3.05, 3.63) is 0 Å². The van der Waals surface area contributed by atoms with E-state index in [9.17, 15) is 13.2 Å². The molecule has 25 heavy (non-hydrogen) atoms. The summed E-state index contributed by atoms with van der Waals surface area (Å²) in [6.07, 6.45) is 6.29. The SMILES string of the molecule is CCCCS(=O)(=O)N1CCN(C)C2(CCC(=O)N(CC3CC3)CC2)C1. The van der Waals surface area contributed by atoms with Crippen LogP contribution >= 0.6 is 0 Å². The van der Waals surface area contributed by atoms with E-state index in [0.717, 1.165) is 45.3 Å². The van der Waals surface area contributed by atoms with Crippen molar-refractivity contribution in [2.75, 3.05) is 45.5 Å². The smallest absolute Gasteiger partial charge is 0.222 e. The van der Waals surface area contributed by atoms with Crippen molar-refractivity contribution in [2.24, 2.45) is 5.92 Å². The summed E-state index contributed by atoms with van der Waals surface area (Å²) >= 11 is 0. The minimum Gasteiger partial charge on any atom is -0.342 e. The third-order valence-electron chi connectivity index (χ3n) is 6.29. The van der Waals surface area contributed by atoms with E-state index < -0.39 is 10.0 Å². The van der Waals surface area contributed by atoms with Crippen molar-refractivity contribution >= 4 is 15.9 Å². The fourth-order valence-corrected chi connectivity index (χ4v) is 5.86. The molecule has 3 fully saturated rings. The Morgan fingerprint density at radius 3 is 2.60 bits per heavy atom. The van der Waals surface area contributed by atoms with E-state index in [-0.39, 0.29) is 17.2 Å². The van der Waals surface area contributed by atoms with Crippen LogP contribution in [0.5, 0.6) is 0 Å². The van der Waals surface area contributed by atoms with E-state index in [0.29, 0.717) is 25.4 Å². The van der Waals surface area contributed by atoms with Gasteiger partial charge in [-0.1, -0.05) is 13.3 Å². The van der Waals surface area contributed by atoms with Gasteiger partial charge in [0.25, 0.3) is 0 Å². The summed E-state index contributed by atoms with van der Waals surface area (Å²) in [5.41, 5.74) is -0.189. The van der Waals surface area contributed by atoms with Crippen molar-refractivity contribution < 1.29 is 13.2 Å². The first-order chi connectivity index (χ1) is 11.9. The maximum Gasteiger partial charge on any atom is 0.222 e. The Balaban J connectivity index is 1.70. The molecule has 1 aliphatic carbocycles. The van der Waals surface area contributed by atoms with Gasteiger partial charge in [0.1, 0.15) is 0 Å². The van der Waals surface area contributed by atoms with Crippen LogP contribution in [-0.4, -0.2) is 79.5 Å². The summed E-state index contributed by atoms with van der Waals surface area (Å²) in [6, 6.07) is 0. The summed E-state index contributed by atoms with van der Waals surface area (Å²) in [7, 11) is -1.09. The van der Waals surface area contributed by atoms with Crippen LogP contribution in [0.15, 0.2) is 0 Å². The van der Waals surface area contributed by atoms with E-state index in [1.54, 1.807) is 4.31 Å². The molecule has 144 valence electrons. The van der Waals surface area contributed by atoms with Crippen LogP contribution in [0.1, 0.15) is 51.9 Å². The number of sulfonamides is 1. The van der Waals surface area contributed by atoms with Crippen LogP contribution in [-0.2, 0) is 14.8 Å². The van der Waals surface area contributed by atoms with Crippen LogP contribution in [0, 0.1) is 5.92 Å². The first-order valence-corrected chi connectivity index (χ1v) is 11.4. The molecular weight excluding hydrogens is 338 g/mol. The fourth-order valence-electron chi connectivity index (χ4n) is 4.16. The number of nitrogens with zero attached hydrogens (tertiary/aromatic N) is 3. The Labute approximate surface area is 152 Å². The van der Waals surface area contributed by atoms with Gasteiger partial charge in [-0.3, -0.25) is 9.69 Å². The number of amides is 1. The average molecular weight is 372 g/mol. The van der Waals surface area contributed by atoms with Crippen LogP contribution in [0.2, 0.25) is 0 Å². The van der Waals surface area contributed by atoms with Gasteiger partial charge < -0.3 is 4.90 Å². The lowest BCUT2D eigenvalue weighted by atomic mass is 9.87. The van der Waals surface area contributed by atoms with E-state index in [1.807, 2.05) is 11.8 Å². The van der Waals surface area contributed by atoms with Crippen LogP contribution in [0.4, 0.5) is 0 Å². The standard InChI is InChI=1S/C18H33N3O3S/c1-3-4-13-25(23,24)21-12-11-19(2)18(15-21)8-7-17(22)20(10-9-18)14-16-5-6-16/h16H,3-15H2,1-2H3. The molecule has 1 atom stereocenters. The third-order valence-corrected chi connectivity index (χ3v) is 8.20. The van der Waals surface area contributed by atoms with E-state index in [2.05, 4.69) is 11.9 Å². The normalized spacial score (nSPS) is 30.0. The van der Waals surface area contributed by atoms with Gasteiger partial charge in [-0.2, -0.15) is 4.31 Å². The summed E-state index contributed by atoms with van der Waals surface area (Å²) < 4.78 is 27.0. The van der Waals surface area contributed by atoms with Gasteiger partial charge in [0.15, 0.2) is 0 Å². The van der Waals surface area contributed by atoms with Gasteiger partial charge in [-0.15, -0.1) is 0 Å². The number of piperazine rings is 1. The van der Waals surface area contributed by atoms with E-state index in [1.165, 1.54) is 12.8 Å². The molecule has 1 unspecified atom stereocenters. The Bertz CT molecular complexity index is 590. The lowest BCUT2D eigenvalue weighted by molar-refractivity contribution is -0.130. The molecule has 0 aromatic rings. The third kappa shape index (κ3) is 4.37. The van der Waals surface area contributed by atoms with E-state index in [4.69, 9.17) is 0 Å². The topological polar surface area (TPSA) is 60.9 Å². The molecular formula is C18H33N3O3S. The largest absolute Gasteiger partial charge is 0.342 e. The minimum absolute atomic E-state index is 0.189. The van der Waals surface area contributed by atoms with Gasteiger partial charge in [0, 0.05) is 44.7 Å². The van der Waals surface area contributed by atoms with Gasteiger partial charge in [-0.25, -0.2) is 8.42 Å². The molecule has 1 spiro atoms. The number of hydrogen-bond donors (Lipinski definition) is 0. The molecule has 0 N–H and O–H groups in total. The monoisotopic (exact) mass is 371 g/mol. The van der Waals surface area contributed by atoms with Crippen molar-refractivity contribution in [2.45, 2.75) is 57.4 Å². The summed E-state index contributed by atoms with van der Waals surface area (Å²) in [6.45, 7) is 5.55. The second-order valence-corrected chi connectivity index (χ2v) is 10.3. The number of likely N-dealkylation sites (N-methyl/N-ethyl adjacent to an activating group) is 1. The highest BCUT2D eigenvalue weighted by Crippen LogP contribution is 2.35. The number of carbonyl (C=O) groups is 1. The number of rotatable bonds is 6. The molecule has 3 aliphatic rings. The van der Waals surface area contributed by atoms with Gasteiger partial charge in [0.2, 0.25) is 15.9 Å². The number of carbonyl (C=O) groups excluding carboxylic acids is 1. The molecule has 0 radical (unpaired) electrons. The Morgan fingerprint density at radius 1 is 1.16 bits per heavy atom. The second-order valence-electron chi connectivity index (χ2n) is 8.18. The molecule has 7 heteroatoms.